The summed E-state index contributed by atoms with van der Waals surface area (Å²) in [5.41, 5.74) is 2.71. The van der Waals surface area contributed by atoms with Gasteiger partial charge in [-0.25, -0.2) is 0 Å². The first-order valence-electron chi connectivity index (χ1n) is 8.52. The van der Waals surface area contributed by atoms with Gasteiger partial charge in [0.05, 0.1) is 11.1 Å². The fourth-order valence-corrected chi connectivity index (χ4v) is 4.05. The number of aromatic nitrogens is 1. The van der Waals surface area contributed by atoms with Crippen LogP contribution in [0, 0.1) is 3.95 Å². The van der Waals surface area contributed by atoms with Crippen LogP contribution >= 0.6 is 23.6 Å². The molecule has 2 aromatic rings. The van der Waals surface area contributed by atoms with Crippen LogP contribution in [0.4, 0.5) is 0 Å². The molecule has 1 N–H and O–H groups in total. The number of rotatable bonds is 7. The largest absolute Gasteiger partial charge is 0.493 e. The summed E-state index contributed by atoms with van der Waals surface area (Å²) < 4.78 is 2.53. The summed E-state index contributed by atoms with van der Waals surface area (Å²) in [6.07, 6.45) is 8.22. The zero-order chi connectivity index (χ0) is 17.6. The predicted molar refractivity (Wildman–Crippen MR) is 108 cm³/mol. The SMILES string of the molecule is CCCCCCn1c(O)c(C=C2C=NN=C2c2ccccc2)sc1=S. The summed E-state index contributed by atoms with van der Waals surface area (Å²) in [6.45, 7) is 2.95. The van der Waals surface area contributed by atoms with E-state index in [0.29, 0.717) is 3.95 Å². The summed E-state index contributed by atoms with van der Waals surface area (Å²) in [4.78, 5) is 0.757. The lowest BCUT2D eigenvalue weighted by Gasteiger charge is -2.05. The molecule has 3 rings (SSSR count). The number of hydrogen-bond donors (Lipinski definition) is 1. The van der Waals surface area contributed by atoms with Crippen LogP contribution in [0.25, 0.3) is 6.08 Å². The third-order valence-electron chi connectivity index (χ3n) is 4.09. The first-order valence-corrected chi connectivity index (χ1v) is 9.74. The number of aromatic hydroxyl groups is 1. The van der Waals surface area contributed by atoms with E-state index in [-0.39, 0.29) is 5.88 Å². The minimum absolute atomic E-state index is 0.242. The molecule has 0 radical (unpaired) electrons. The normalized spacial score (nSPS) is 15.1. The lowest BCUT2D eigenvalue weighted by atomic mass is 10.0. The van der Waals surface area contributed by atoms with Crippen molar-refractivity contribution in [1.82, 2.24) is 4.57 Å². The molecule has 1 aromatic carbocycles. The van der Waals surface area contributed by atoms with Crippen molar-refractivity contribution < 1.29 is 5.11 Å². The second kappa shape index (κ2) is 8.36. The number of allylic oxidation sites excluding steroid dienone is 1. The molecule has 6 heteroatoms. The Kier molecular flexibility index (Phi) is 5.94. The van der Waals surface area contributed by atoms with Crippen molar-refractivity contribution in [2.24, 2.45) is 10.2 Å². The highest BCUT2D eigenvalue weighted by atomic mass is 32.1. The van der Waals surface area contributed by atoms with Crippen LogP contribution in [0.3, 0.4) is 0 Å². The molecule has 25 heavy (non-hydrogen) atoms. The van der Waals surface area contributed by atoms with Crippen LogP contribution in [-0.4, -0.2) is 21.6 Å². The van der Waals surface area contributed by atoms with Gasteiger partial charge in [-0.3, -0.25) is 4.57 Å². The van der Waals surface area contributed by atoms with Crippen molar-refractivity contribution in [2.75, 3.05) is 0 Å². The molecular formula is C19H21N3OS2. The summed E-state index contributed by atoms with van der Waals surface area (Å²) in [5.74, 6) is 0.242. The molecule has 130 valence electrons. The van der Waals surface area contributed by atoms with Crippen LogP contribution < -0.4 is 0 Å². The van der Waals surface area contributed by atoms with E-state index in [1.54, 1.807) is 6.21 Å². The maximum Gasteiger partial charge on any atom is 0.210 e. The Morgan fingerprint density at radius 3 is 2.76 bits per heavy atom. The average Bonchev–Trinajstić information content (AvgIpc) is 3.19. The van der Waals surface area contributed by atoms with Crippen molar-refractivity contribution in [3.8, 4) is 5.88 Å². The fourth-order valence-electron chi connectivity index (χ4n) is 2.74. The topological polar surface area (TPSA) is 49.9 Å². The third kappa shape index (κ3) is 4.14. The van der Waals surface area contributed by atoms with Gasteiger partial charge in [-0.1, -0.05) is 56.5 Å². The molecule has 0 atom stereocenters. The number of benzene rings is 1. The Morgan fingerprint density at radius 1 is 1.20 bits per heavy atom. The van der Waals surface area contributed by atoms with Gasteiger partial charge in [-0.15, -0.1) is 16.4 Å². The lowest BCUT2D eigenvalue weighted by Crippen LogP contribution is -2.02. The molecule has 1 aliphatic rings. The first-order chi connectivity index (χ1) is 12.2. The molecule has 0 bridgehead atoms. The highest BCUT2D eigenvalue weighted by molar-refractivity contribution is 7.73. The fraction of sp³-hybridized carbons (Fsp3) is 0.316. The second-order valence-corrected chi connectivity index (χ2v) is 7.60. The Bertz CT molecular complexity index is 876. The summed E-state index contributed by atoms with van der Waals surface area (Å²) in [7, 11) is 0. The summed E-state index contributed by atoms with van der Waals surface area (Å²) in [5, 5.41) is 18.8. The number of unbranched alkanes of at least 4 members (excludes halogenated alkanes) is 3. The van der Waals surface area contributed by atoms with Crippen molar-refractivity contribution >= 4 is 41.6 Å². The minimum atomic E-state index is 0.242. The highest BCUT2D eigenvalue weighted by Gasteiger charge is 2.16. The van der Waals surface area contributed by atoms with Crippen molar-refractivity contribution in [3.63, 3.8) is 0 Å². The first kappa shape index (κ1) is 17.8. The van der Waals surface area contributed by atoms with Crippen molar-refractivity contribution in [1.29, 1.82) is 0 Å². The second-order valence-electron chi connectivity index (χ2n) is 5.93. The molecule has 0 spiro atoms. The maximum absolute atomic E-state index is 10.6. The van der Waals surface area contributed by atoms with E-state index in [4.69, 9.17) is 12.2 Å². The van der Waals surface area contributed by atoms with Crippen LogP contribution in [0.5, 0.6) is 5.88 Å². The Balaban J connectivity index is 1.83. The van der Waals surface area contributed by atoms with E-state index < -0.39 is 0 Å². The lowest BCUT2D eigenvalue weighted by molar-refractivity contribution is 0.407. The molecule has 0 unspecified atom stereocenters. The molecule has 1 aliphatic heterocycles. The van der Waals surface area contributed by atoms with E-state index in [0.717, 1.165) is 41.1 Å². The molecule has 0 saturated heterocycles. The van der Waals surface area contributed by atoms with Gasteiger partial charge in [-0.05, 0) is 24.7 Å². The monoisotopic (exact) mass is 371 g/mol. The average molecular weight is 372 g/mol. The molecule has 2 heterocycles. The number of thiazole rings is 1. The Labute approximate surface area is 156 Å². The minimum Gasteiger partial charge on any atom is -0.493 e. The van der Waals surface area contributed by atoms with Crippen LogP contribution in [0.2, 0.25) is 0 Å². The van der Waals surface area contributed by atoms with Gasteiger partial charge in [0.25, 0.3) is 0 Å². The van der Waals surface area contributed by atoms with Gasteiger partial charge < -0.3 is 5.11 Å². The Morgan fingerprint density at radius 2 is 2.00 bits per heavy atom. The number of nitrogens with zero attached hydrogens (tertiary/aromatic N) is 3. The highest BCUT2D eigenvalue weighted by Crippen LogP contribution is 2.30. The summed E-state index contributed by atoms with van der Waals surface area (Å²) >= 11 is 6.85. The Hall–Kier alpha value is -2.05. The molecular weight excluding hydrogens is 350 g/mol. The van der Waals surface area contributed by atoms with Crippen LogP contribution in [-0.2, 0) is 6.54 Å². The molecule has 0 aliphatic carbocycles. The molecule has 1 aromatic heterocycles. The van der Waals surface area contributed by atoms with E-state index in [1.807, 2.05) is 41.0 Å². The quantitative estimate of drug-likeness (QED) is 0.520. The van der Waals surface area contributed by atoms with E-state index in [2.05, 4.69) is 17.1 Å². The molecule has 0 saturated carbocycles. The van der Waals surface area contributed by atoms with Gasteiger partial charge in [0.1, 0.15) is 5.71 Å². The van der Waals surface area contributed by atoms with Gasteiger partial charge in [0.2, 0.25) is 5.88 Å². The van der Waals surface area contributed by atoms with Crippen molar-refractivity contribution in [3.05, 3.63) is 50.3 Å². The summed E-state index contributed by atoms with van der Waals surface area (Å²) in [6, 6.07) is 9.92. The smallest absolute Gasteiger partial charge is 0.210 e. The van der Waals surface area contributed by atoms with Crippen LogP contribution in [0.1, 0.15) is 43.0 Å². The van der Waals surface area contributed by atoms with Gasteiger partial charge in [-0.2, -0.15) is 5.10 Å². The van der Waals surface area contributed by atoms with Gasteiger partial charge in [0, 0.05) is 17.7 Å². The number of hydrogen-bond acceptors (Lipinski definition) is 5. The predicted octanol–water partition coefficient (Wildman–Crippen LogP) is 5.44. The molecule has 0 fully saturated rings. The standard InChI is InChI=1S/C19H21N3OS2/c1-2-3-4-8-11-22-18(23)16(25-19(22)24)12-15-13-20-21-17(15)14-9-6-5-7-10-14/h5-7,9-10,12-13,23H,2-4,8,11H2,1H3. The van der Waals surface area contributed by atoms with E-state index in [9.17, 15) is 5.11 Å². The zero-order valence-electron chi connectivity index (χ0n) is 14.2. The van der Waals surface area contributed by atoms with Gasteiger partial charge in [0.15, 0.2) is 3.95 Å². The van der Waals surface area contributed by atoms with Crippen LogP contribution in [0.15, 0.2) is 46.1 Å². The molecule has 0 amide bonds. The van der Waals surface area contributed by atoms with Gasteiger partial charge >= 0.3 is 0 Å². The maximum atomic E-state index is 10.6. The van der Waals surface area contributed by atoms with E-state index >= 15 is 0 Å². The third-order valence-corrected chi connectivity index (χ3v) is 5.48. The zero-order valence-corrected chi connectivity index (χ0v) is 15.8. The van der Waals surface area contributed by atoms with E-state index in [1.165, 1.54) is 24.2 Å². The van der Waals surface area contributed by atoms with Crippen molar-refractivity contribution in [2.45, 2.75) is 39.2 Å². The molecule has 4 nitrogen and oxygen atoms in total.